The van der Waals surface area contributed by atoms with Crippen LogP contribution in [0.5, 0.6) is 5.75 Å². The van der Waals surface area contributed by atoms with Crippen LogP contribution in [0, 0.1) is 0 Å². The summed E-state index contributed by atoms with van der Waals surface area (Å²) in [6.07, 6.45) is 0.613. The summed E-state index contributed by atoms with van der Waals surface area (Å²) in [6, 6.07) is 24.7. The van der Waals surface area contributed by atoms with E-state index in [0.717, 1.165) is 22.4 Å². The Morgan fingerprint density at radius 1 is 0.788 bits per heavy atom. The standard InChI is InChI=1S/C27H27NO5/c1-32-24-13-7-20(8-14-24)17-18-28-26(30)19-33-27(31)16-15-25(29)23-11-9-22(10-12-23)21-5-3-2-4-6-21/h2-14H,15-19H2,1H3,(H,28,30). The van der Waals surface area contributed by atoms with E-state index in [2.05, 4.69) is 5.32 Å². The molecule has 0 aliphatic rings. The van der Waals surface area contributed by atoms with E-state index >= 15 is 0 Å². The molecule has 0 aliphatic heterocycles. The Balaban J connectivity index is 1.33. The van der Waals surface area contributed by atoms with Crippen LogP contribution in [-0.2, 0) is 20.7 Å². The van der Waals surface area contributed by atoms with Crippen LogP contribution < -0.4 is 10.1 Å². The summed E-state index contributed by atoms with van der Waals surface area (Å²) >= 11 is 0. The Morgan fingerprint density at radius 2 is 1.45 bits per heavy atom. The zero-order chi connectivity index (χ0) is 23.5. The van der Waals surface area contributed by atoms with Crippen molar-refractivity contribution < 1.29 is 23.9 Å². The minimum absolute atomic E-state index is 0.0304. The summed E-state index contributed by atoms with van der Waals surface area (Å²) in [5.41, 5.74) is 3.69. The van der Waals surface area contributed by atoms with Gasteiger partial charge < -0.3 is 14.8 Å². The highest BCUT2D eigenvalue weighted by Crippen LogP contribution is 2.20. The Kier molecular flexibility index (Phi) is 8.77. The van der Waals surface area contributed by atoms with Crippen molar-refractivity contribution >= 4 is 17.7 Å². The lowest BCUT2D eigenvalue weighted by Gasteiger charge is -2.07. The van der Waals surface area contributed by atoms with Crippen LogP contribution >= 0.6 is 0 Å². The third kappa shape index (κ3) is 7.61. The number of rotatable bonds is 11. The van der Waals surface area contributed by atoms with Crippen LogP contribution in [0.2, 0.25) is 0 Å². The molecule has 3 aromatic rings. The fourth-order valence-corrected chi connectivity index (χ4v) is 3.25. The van der Waals surface area contributed by atoms with E-state index in [4.69, 9.17) is 9.47 Å². The average molecular weight is 446 g/mol. The van der Waals surface area contributed by atoms with Crippen LogP contribution in [0.1, 0.15) is 28.8 Å². The molecule has 0 atom stereocenters. The number of carbonyl (C=O) groups is 3. The molecule has 0 radical (unpaired) electrons. The zero-order valence-electron chi connectivity index (χ0n) is 18.6. The van der Waals surface area contributed by atoms with Gasteiger partial charge in [-0.15, -0.1) is 0 Å². The predicted molar refractivity (Wildman–Crippen MR) is 126 cm³/mol. The average Bonchev–Trinajstić information content (AvgIpc) is 2.87. The quantitative estimate of drug-likeness (QED) is 0.353. The normalized spacial score (nSPS) is 10.3. The third-order valence-corrected chi connectivity index (χ3v) is 5.13. The molecule has 1 N–H and O–H groups in total. The molecule has 0 heterocycles. The molecule has 170 valence electrons. The monoisotopic (exact) mass is 445 g/mol. The second kappa shape index (κ2) is 12.2. The summed E-state index contributed by atoms with van der Waals surface area (Å²) < 4.78 is 10.1. The Hall–Kier alpha value is -3.93. The molecular weight excluding hydrogens is 418 g/mol. The Morgan fingerprint density at radius 3 is 2.12 bits per heavy atom. The minimum Gasteiger partial charge on any atom is -0.497 e. The maximum Gasteiger partial charge on any atom is 0.306 e. The first-order chi connectivity index (χ1) is 16.0. The highest BCUT2D eigenvalue weighted by Gasteiger charge is 2.12. The molecular formula is C27H27NO5. The number of esters is 1. The number of hydrogen-bond donors (Lipinski definition) is 1. The molecule has 6 nitrogen and oxygen atoms in total. The summed E-state index contributed by atoms with van der Waals surface area (Å²) in [5.74, 6) is -0.317. The number of nitrogens with one attached hydrogen (secondary N) is 1. The molecule has 0 bridgehead atoms. The highest BCUT2D eigenvalue weighted by molar-refractivity contribution is 5.98. The number of ketones is 1. The van der Waals surface area contributed by atoms with E-state index in [1.54, 1.807) is 19.2 Å². The van der Waals surface area contributed by atoms with Crippen LogP contribution in [-0.4, -0.2) is 37.9 Å². The number of carbonyl (C=O) groups excluding carboxylic acids is 3. The van der Waals surface area contributed by atoms with Crippen molar-refractivity contribution in [2.45, 2.75) is 19.3 Å². The van der Waals surface area contributed by atoms with Gasteiger partial charge in [-0.25, -0.2) is 0 Å². The van der Waals surface area contributed by atoms with E-state index in [-0.39, 0.29) is 31.1 Å². The number of ether oxygens (including phenoxy) is 2. The van der Waals surface area contributed by atoms with Gasteiger partial charge in [0.1, 0.15) is 5.75 Å². The van der Waals surface area contributed by atoms with Crippen molar-refractivity contribution in [3.63, 3.8) is 0 Å². The maximum atomic E-state index is 12.4. The maximum absolute atomic E-state index is 12.4. The molecule has 0 saturated carbocycles. The number of benzene rings is 3. The Labute approximate surface area is 193 Å². The first-order valence-corrected chi connectivity index (χ1v) is 10.8. The molecule has 0 saturated heterocycles. The van der Waals surface area contributed by atoms with Gasteiger partial charge in [-0.05, 0) is 35.2 Å². The van der Waals surface area contributed by atoms with Crippen molar-refractivity contribution in [2.75, 3.05) is 20.3 Å². The lowest BCUT2D eigenvalue weighted by molar-refractivity contribution is -0.148. The zero-order valence-corrected chi connectivity index (χ0v) is 18.6. The topological polar surface area (TPSA) is 81.7 Å². The summed E-state index contributed by atoms with van der Waals surface area (Å²) in [4.78, 5) is 36.1. The molecule has 0 aliphatic carbocycles. The second-order valence-corrected chi connectivity index (χ2v) is 7.48. The van der Waals surface area contributed by atoms with Crippen molar-refractivity contribution in [2.24, 2.45) is 0 Å². The first kappa shape index (κ1) is 23.7. The van der Waals surface area contributed by atoms with Crippen LogP contribution in [0.15, 0.2) is 78.9 Å². The van der Waals surface area contributed by atoms with E-state index in [0.29, 0.717) is 18.5 Å². The lowest BCUT2D eigenvalue weighted by Crippen LogP contribution is -2.30. The van der Waals surface area contributed by atoms with E-state index in [9.17, 15) is 14.4 Å². The van der Waals surface area contributed by atoms with Crippen molar-refractivity contribution in [3.05, 3.63) is 90.0 Å². The van der Waals surface area contributed by atoms with E-state index in [1.807, 2.05) is 66.7 Å². The molecule has 0 fully saturated rings. The van der Waals surface area contributed by atoms with Gasteiger partial charge in [0.25, 0.3) is 5.91 Å². The number of amides is 1. The van der Waals surface area contributed by atoms with Crippen molar-refractivity contribution in [3.8, 4) is 16.9 Å². The van der Waals surface area contributed by atoms with Gasteiger partial charge >= 0.3 is 5.97 Å². The second-order valence-electron chi connectivity index (χ2n) is 7.48. The van der Waals surface area contributed by atoms with Crippen molar-refractivity contribution in [1.29, 1.82) is 0 Å². The number of methoxy groups -OCH3 is 1. The summed E-state index contributed by atoms with van der Waals surface area (Å²) in [6.45, 7) is 0.0710. The summed E-state index contributed by atoms with van der Waals surface area (Å²) in [7, 11) is 1.61. The molecule has 1 amide bonds. The van der Waals surface area contributed by atoms with Gasteiger partial charge in [0.15, 0.2) is 12.4 Å². The first-order valence-electron chi connectivity index (χ1n) is 10.8. The highest BCUT2D eigenvalue weighted by atomic mass is 16.5. The van der Waals surface area contributed by atoms with Crippen molar-refractivity contribution in [1.82, 2.24) is 5.32 Å². The predicted octanol–water partition coefficient (Wildman–Crippen LogP) is 4.23. The van der Waals surface area contributed by atoms with Gasteiger partial charge in [-0.2, -0.15) is 0 Å². The van der Waals surface area contributed by atoms with E-state index in [1.165, 1.54) is 0 Å². The van der Waals surface area contributed by atoms with Gasteiger partial charge in [0.05, 0.1) is 13.5 Å². The number of hydrogen-bond acceptors (Lipinski definition) is 5. The number of Topliss-reactive ketones (excluding diaryl/α,β-unsaturated/α-hetero) is 1. The molecule has 0 spiro atoms. The van der Waals surface area contributed by atoms with Crippen LogP contribution in [0.4, 0.5) is 0 Å². The van der Waals surface area contributed by atoms with Gasteiger partial charge in [-0.3, -0.25) is 14.4 Å². The van der Waals surface area contributed by atoms with Gasteiger partial charge in [0.2, 0.25) is 0 Å². The molecule has 3 aromatic carbocycles. The molecule has 0 unspecified atom stereocenters. The fraction of sp³-hybridized carbons (Fsp3) is 0.222. The van der Waals surface area contributed by atoms with E-state index < -0.39 is 5.97 Å². The fourth-order valence-electron chi connectivity index (χ4n) is 3.25. The SMILES string of the molecule is COc1ccc(CCNC(=O)COC(=O)CCC(=O)c2ccc(-c3ccccc3)cc2)cc1. The van der Waals surface area contributed by atoms with Gasteiger partial charge in [0, 0.05) is 18.5 Å². The minimum atomic E-state index is -0.574. The molecule has 3 rings (SSSR count). The Bertz CT molecular complexity index is 1060. The lowest BCUT2D eigenvalue weighted by atomic mass is 10.0. The molecule has 0 aromatic heterocycles. The largest absolute Gasteiger partial charge is 0.497 e. The van der Waals surface area contributed by atoms with Crippen LogP contribution in [0.3, 0.4) is 0 Å². The third-order valence-electron chi connectivity index (χ3n) is 5.13. The smallest absolute Gasteiger partial charge is 0.306 e. The molecule has 6 heteroatoms. The van der Waals surface area contributed by atoms with Crippen LogP contribution in [0.25, 0.3) is 11.1 Å². The molecule has 33 heavy (non-hydrogen) atoms. The van der Waals surface area contributed by atoms with Gasteiger partial charge in [-0.1, -0.05) is 66.7 Å². The summed E-state index contributed by atoms with van der Waals surface area (Å²) in [5, 5.41) is 2.71.